The Bertz CT molecular complexity index is 108. The van der Waals surface area contributed by atoms with Crippen molar-refractivity contribution >= 4 is 0 Å². The van der Waals surface area contributed by atoms with Crippen molar-refractivity contribution in [1.29, 1.82) is 0 Å². The molecule has 0 bridgehead atoms. The molecule has 1 rings (SSSR count). The molecule has 2 heteroatoms. The van der Waals surface area contributed by atoms with Crippen LogP contribution in [0.25, 0.3) is 0 Å². The second-order valence-corrected chi connectivity index (χ2v) is 3.60. The van der Waals surface area contributed by atoms with E-state index in [1.54, 1.807) is 7.11 Å². The van der Waals surface area contributed by atoms with Crippen LogP contribution in [0.4, 0.5) is 0 Å². The van der Waals surface area contributed by atoms with Crippen molar-refractivity contribution in [2.24, 2.45) is 5.92 Å². The Morgan fingerprint density at radius 2 is 1.92 bits per heavy atom. The lowest BCUT2D eigenvalue weighted by atomic mass is 9.98. The van der Waals surface area contributed by atoms with E-state index in [0.717, 1.165) is 18.9 Å². The van der Waals surface area contributed by atoms with E-state index in [1.165, 1.54) is 25.7 Å². The average Bonchev–Trinajstić information content (AvgIpc) is 2.59. The molecule has 0 aromatic carbocycles. The lowest BCUT2D eigenvalue weighted by Gasteiger charge is -2.21. The second-order valence-electron chi connectivity index (χ2n) is 3.60. The van der Waals surface area contributed by atoms with E-state index in [4.69, 9.17) is 9.47 Å². The maximum absolute atomic E-state index is 5.46. The van der Waals surface area contributed by atoms with Crippen LogP contribution in [0.3, 0.4) is 0 Å². The quantitative estimate of drug-likeness (QED) is 0.633. The van der Waals surface area contributed by atoms with Crippen molar-refractivity contribution < 1.29 is 9.47 Å². The third-order valence-corrected chi connectivity index (χ3v) is 2.83. The predicted octanol–water partition coefficient (Wildman–Crippen LogP) is 2.23. The fraction of sp³-hybridized carbons (Fsp3) is 1.00. The first-order chi connectivity index (χ1) is 5.88. The molecule has 0 radical (unpaired) electrons. The van der Waals surface area contributed by atoms with Crippen LogP contribution in [0.1, 0.15) is 32.1 Å². The number of methoxy groups -OCH3 is 2. The molecule has 1 saturated carbocycles. The maximum atomic E-state index is 5.46. The molecule has 1 atom stereocenters. The zero-order chi connectivity index (χ0) is 8.81. The van der Waals surface area contributed by atoms with Gasteiger partial charge in [-0.25, -0.2) is 0 Å². The van der Waals surface area contributed by atoms with Crippen LogP contribution in [-0.2, 0) is 9.47 Å². The Morgan fingerprint density at radius 3 is 2.42 bits per heavy atom. The molecule has 0 heterocycles. The summed E-state index contributed by atoms with van der Waals surface area (Å²) in [5.41, 5.74) is 0. The molecule has 0 spiro atoms. The Hall–Kier alpha value is -0.0800. The fourth-order valence-electron chi connectivity index (χ4n) is 2.11. The Kier molecular flexibility index (Phi) is 4.62. The molecular formula is C10H20O2. The number of ether oxygens (including phenoxy) is 2. The minimum Gasteiger partial charge on any atom is -0.385 e. The average molecular weight is 172 g/mol. The van der Waals surface area contributed by atoms with Crippen LogP contribution in [0.5, 0.6) is 0 Å². The second kappa shape index (κ2) is 5.55. The van der Waals surface area contributed by atoms with Crippen molar-refractivity contribution in [2.45, 2.75) is 38.2 Å². The van der Waals surface area contributed by atoms with E-state index in [9.17, 15) is 0 Å². The van der Waals surface area contributed by atoms with Crippen LogP contribution in [0.2, 0.25) is 0 Å². The summed E-state index contributed by atoms with van der Waals surface area (Å²) in [6.07, 6.45) is 6.96. The van der Waals surface area contributed by atoms with E-state index in [0.29, 0.717) is 6.10 Å². The van der Waals surface area contributed by atoms with Gasteiger partial charge in [-0.2, -0.15) is 0 Å². The van der Waals surface area contributed by atoms with Gasteiger partial charge in [0.2, 0.25) is 0 Å². The molecule has 2 nitrogen and oxygen atoms in total. The number of hydrogen-bond acceptors (Lipinski definition) is 2. The van der Waals surface area contributed by atoms with Crippen molar-refractivity contribution in [2.75, 3.05) is 20.8 Å². The van der Waals surface area contributed by atoms with E-state index >= 15 is 0 Å². The highest BCUT2D eigenvalue weighted by molar-refractivity contribution is 4.75. The molecule has 0 amide bonds. The van der Waals surface area contributed by atoms with Crippen LogP contribution < -0.4 is 0 Å². The van der Waals surface area contributed by atoms with Crippen molar-refractivity contribution in [1.82, 2.24) is 0 Å². The zero-order valence-electron chi connectivity index (χ0n) is 8.21. The molecule has 12 heavy (non-hydrogen) atoms. The normalized spacial score (nSPS) is 21.5. The van der Waals surface area contributed by atoms with Crippen LogP contribution in [-0.4, -0.2) is 26.9 Å². The molecule has 0 saturated heterocycles. The highest BCUT2D eigenvalue weighted by atomic mass is 16.5. The molecule has 0 aliphatic heterocycles. The summed E-state index contributed by atoms with van der Waals surface area (Å²) in [5.74, 6) is 0.796. The minimum absolute atomic E-state index is 0.437. The zero-order valence-corrected chi connectivity index (χ0v) is 8.21. The standard InChI is InChI=1S/C10H20O2/c1-11-8-7-10(12-2)9-5-3-4-6-9/h9-10H,3-8H2,1-2H3. The minimum atomic E-state index is 0.437. The van der Waals surface area contributed by atoms with Crippen molar-refractivity contribution in [3.8, 4) is 0 Å². The van der Waals surface area contributed by atoms with Crippen LogP contribution in [0.15, 0.2) is 0 Å². The van der Waals surface area contributed by atoms with Gasteiger partial charge in [0, 0.05) is 20.8 Å². The molecule has 72 valence electrons. The monoisotopic (exact) mass is 172 g/mol. The molecule has 0 aromatic heterocycles. The first kappa shape index (κ1) is 10.0. The molecule has 1 aliphatic carbocycles. The molecule has 0 N–H and O–H groups in total. The maximum Gasteiger partial charge on any atom is 0.0621 e. The van der Waals surface area contributed by atoms with Gasteiger partial charge in [-0.3, -0.25) is 0 Å². The molecule has 1 fully saturated rings. The van der Waals surface area contributed by atoms with Crippen LogP contribution >= 0.6 is 0 Å². The van der Waals surface area contributed by atoms with E-state index < -0.39 is 0 Å². The molecule has 1 unspecified atom stereocenters. The third kappa shape index (κ3) is 2.76. The SMILES string of the molecule is COCCC(OC)C1CCCC1. The van der Waals surface area contributed by atoms with E-state index in [1.807, 2.05) is 7.11 Å². The van der Waals surface area contributed by atoms with Gasteiger partial charge in [0.05, 0.1) is 6.10 Å². The summed E-state index contributed by atoms with van der Waals surface area (Å²) in [5, 5.41) is 0. The first-order valence-corrected chi connectivity index (χ1v) is 4.90. The highest BCUT2D eigenvalue weighted by Gasteiger charge is 2.24. The number of rotatable bonds is 5. The van der Waals surface area contributed by atoms with Gasteiger partial charge in [0.15, 0.2) is 0 Å². The van der Waals surface area contributed by atoms with Crippen LogP contribution in [0, 0.1) is 5.92 Å². The topological polar surface area (TPSA) is 18.5 Å². The fourth-order valence-corrected chi connectivity index (χ4v) is 2.11. The molecule has 0 aromatic rings. The van der Waals surface area contributed by atoms with Gasteiger partial charge in [0.25, 0.3) is 0 Å². The van der Waals surface area contributed by atoms with Gasteiger partial charge in [-0.05, 0) is 25.2 Å². The highest BCUT2D eigenvalue weighted by Crippen LogP contribution is 2.30. The predicted molar refractivity (Wildman–Crippen MR) is 49.2 cm³/mol. The summed E-state index contributed by atoms with van der Waals surface area (Å²) in [6.45, 7) is 0.828. The van der Waals surface area contributed by atoms with Gasteiger partial charge in [-0.15, -0.1) is 0 Å². The molecule has 1 aliphatic rings. The lowest BCUT2D eigenvalue weighted by Crippen LogP contribution is -2.22. The summed E-state index contributed by atoms with van der Waals surface area (Å²) < 4.78 is 10.5. The van der Waals surface area contributed by atoms with Crippen molar-refractivity contribution in [3.05, 3.63) is 0 Å². The van der Waals surface area contributed by atoms with Crippen molar-refractivity contribution in [3.63, 3.8) is 0 Å². The smallest absolute Gasteiger partial charge is 0.0621 e. The third-order valence-electron chi connectivity index (χ3n) is 2.83. The van der Waals surface area contributed by atoms with E-state index in [-0.39, 0.29) is 0 Å². The van der Waals surface area contributed by atoms with Gasteiger partial charge in [-0.1, -0.05) is 12.8 Å². The first-order valence-electron chi connectivity index (χ1n) is 4.90. The Morgan fingerprint density at radius 1 is 1.25 bits per heavy atom. The van der Waals surface area contributed by atoms with Gasteiger partial charge in [0.1, 0.15) is 0 Å². The lowest BCUT2D eigenvalue weighted by molar-refractivity contribution is 0.0273. The van der Waals surface area contributed by atoms with E-state index in [2.05, 4.69) is 0 Å². The Balaban J connectivity index is 2.22. The summed E-state index contributed by atoms with van der Waals surface area (Å²) in [6, 6.07) is 0. The van der Waals surface area contributed by atoms with Gasteiger partial charge >= 0.3 is 0 Å². The summed E-state index contributed by atoms with van der Waals surface area (Å²) in [4.78, 5) is 0. The Labute approximate surface area is 75.2 Å². The number of hydrogen-bond donors (Lipinski definition) is 0. The van der Waals surface area contributed by atoms with Gasteiger partial charge < -0.3 is 9.47 Å². The summed E-state index contributed by atoms with van der Waals surface area (Å²) >= 11 is 0. The molecular weight excluding hydrogens is 152 g/mol. The summed E-state index contributed by atoms with van der Waals surface area (Å²) in [7, 11) is 3.57. The largest absolute Gasteiger partial charge is 0.385 e.